The number of fused-ring (bicyclic) bond motifs is 3. The molecule has 0 aliphatic carbocycles. The van der Waals surface area contributed by atoms with Crippen LogP contribution in [0.4, 0.5) is 0 Å². The van der Waals surface area contributed by atoms with E-state index in [1.807, 2.05) is 0 Å². The molecule has 0 aromatic rings. The Bertz CT molecular complexity index is 445. The van der Waals surface area contributed by atoms with Gasteiger partial charge >= 0.3 is 0 Å². The summed E-state index contributed by atoms with van der Waals surface area (Å²) in [4.78, 5) is 0. The molecule has 0 amide bonds. The van der Waals surface area contributed by atoms with Crippen LogP contribution in [0.3, 0.4) is 0 Å². The number of hydrogen-bond donors (Lipinski definition) is 0. The fraction of sp³-hybridized carbons (Fsp3) is 1.00. The van der Waals surface area contributed by atoms with E-state index in [0.717, 1.165) is 6.26 Å². The van der Waals surface area contributed by atoms with E-state index in [2.05, 4.69) is 0 Å². The van der Waals surface area contributed by atoms with Crippen molar-refractivity contribution in [3.63, 3.8) is 0 Å². The van der Waals surface area contributed by atoms with Crippen molar-refractivity contribution >= 4 is 10.1 Å². The van der Waals surface area contributed by atoms with E-state index in [1.165, 1.54) is 0 Å². The average molecular weight is 280 g/mol. The largest absolute Gasteiger partial charge is 0.370 e. The second-order valence-electron chi connectivity index (χ2n) is 5.21. The minimum absolute atomic E-state index is 0.176. The molecule has 7 nitrogen and oxygen atoms in total. The quantitative estimate of drug-likeness (QED) is 0.637. The highest BCUT2D eigenvalue weighted by Crippen LogP contribution is 2.42. The molecule has 3 aliphatic rings. The lowest BCUT2D eigenvalue weighted by Crippen LogP contribution is -2.36. The first-order valence-corrected chi connectivity index (χ1v) is 7.58. The van der Waals surface area contributed by atoms with E-state index in [-0.39, 0.29) is 18.8 Å². The van der Waals surface area contributed by atoms with Crippen molar-refractivity contribution in [1.29, 1.82) is 0 Å². The Kier molecular flexibility index (Phi) is 2.75. The molecular formula is C10H16O7S. The molecule has 0 bridgehead atoms. The fourth-order valence-corrected chi connectivity index (χ4v) is 3.22. The number of ether oxygens (including phenoxy) is 4. The van der Waals surface area contributed by atoms with Gasteiger partial charge in [0, 0.05) is 0 Å². The molecular weight excluding hydrogens is 264 g/mol. The van der Waals surface area contributed by atoms with Gasteiger partial charge in [0.1, 0.15) is 24.4 Å². The predicted molar refractivity (Wildman–Crippen MR) is 58.2 cm³/mol. The molecule has 0 spiro atoms. The third-order valence-corrected chi connectivity index (χ3v) is 3.74. The van der Waals surface area contributed by atoms with Gasteiger partial charge in [-0.1, -0.05) is 0 Å². The standard InChI is InChI=1S/C10H16O7S/c1-10(2)15-8-7-6(14-9(8)16-10)5(4-13-7)17-18(3,11)12/h5-9H,4H2,1-3H3/t5-,6+,7-,8+,9+/m0/s1. The SMILES string of the molecule is CC1(C)O[C@H]2O[C@H]3[C@H](OC[C@@H]3OS(C)(=O)=O)[C@H]2O1. The molecule has 3 saturated heterocycles. The molecule has 0 radical (unpaired) electrons. The first-order chi connectivity index (χ1) is 8.25. The summed E-state index contributed by atoms with van der Waals surface area (Å²) in [6.07, 6.45) is -1.30. The van der Waals surface area contributed by atoms with Crippen molar-refractivity contribution in [2.45, 2.75) is 50.3 Å². The molecule has 3 aliphatic heterocycles. The summed E-state index contributed by atoms with van der Waals surface area (Å²) in [6, 6.07) is 0. The van der Waals surface area contributed by atoms with Crippen LogP contribution >= 0.6 is 0 Å². The maximum absolute atomic E-state index is 11.1. The molecule has 104 valence electrons. The van der Waals surface area contributed by atoms with Crippen LogP contribution in [-0.4, -0.2) is 57.8 Å². The van der Waals surface area contributed by atoms with E-state index in [0.29, 0.717) is 0 Å². The molecule has 0 saturated carbocycles. The lowest BCUT2D eigenvalue weighted by atomic mass is 10.1. The van der Waals surface area contributed by atoms with Crippen LogP contribution in [0, 0.1) is 0 Å². The van der Waals surface area contributed by atoms with E-state index in [1.54, 1.807) is 13.8 Å². The van der Waals surface area contributed by atoms with Crippen LogP contribution in [0.15, 0.2) is 0 Å². The van der Waals surface area contributed by atoms with Crippen LogP contribution in [0.1, 0.15) is 13.8 Å². The Hall–Kier alpha value is -0.250. The molecule has 0 aromatic carbocycles. The van der Waals surface area contributed by atoms with Gasteiger partial charge < -0.3 is 18.9 Å². The highest BCUT2D eigenvalue weighted by molar-refractivity contribution is 7.86. The summed E-state index contributed by atoms with van der Waals surface area (Å²) in [7, 11) is -3.53. The van der Waals surface area contributed by atoms with Crippen LogP contribution in [0.5, 0.6) is 0 Å². The minimum atomic E-state index is -3.53. The van der Waals surface area contributed by atoms with Crippen molar-refractivity contribution in [2.24, 2.45) is 0 Å². The molecule has 3 heterocycles. The van der Waals surface area contributed by atoms with Crippen molar-refractivity contribution < 1.29 is 31.5 Å². The van der Waals surface area contributed by atoms with Crippen molar-refractivity contribution in [3.8, 4) is 0 Å². The van der Waals surface area contributed by atoms with Gasteiger partial charge in [0.2, 0.25) is 0 Å². The molecule has 0 N–H and O–H groups in total. The summed E-state index contributed by atoms with van der Waals surface area (Å²) in [6.45, 7) is 3.77. The van der Waals surface area contributed by atoms with Crippen molar-refractivity contribution in [1.82, 2.24) is 0 Å². The van der Waals surface area contributed by atoms with Crippen LogP contribution in [0.2, 0.25) is 0 Å². The summed E-state index contributed by atoms with van der Waals surface area (Å²) in [5.74, 6) is -0.709. The number of rotatable bonds is 2. The second kappa shape index (κ2) is 3.87. The van der Waals surface area contributed by atoms with Crippen LogP contribution in [-0.2, 0) is 33.2 Å². The molecule has 3 rings (SSSR count). The maximum atomic E-state index is 11.1. The summed E-state index contributed by atoms with van der Waals surface area (Å²) < 4.78 is 49.6. The van der Waals surface area contributed by atoms with Crippen molar-refractivity contribution in [3.05, 3.63) is 0 Å². The van der Waals surface area contributed by atoms with Crippen molar-refractivity contribution in [2.75, 3.05) is 12.9 Å². The minimum Gasteiger partial charge on any atom is -0.370 e. The Morgan fingerprint density at radius 1 is 1.17 bits per heavy atom. The highest BCUT2D eigenvalue weighted by atomic mass is 32.2. The Labute approximate surface area is 105 Å². The van der Waals surface area contributed by atoms with Gasteiger partial charge in [-0.25, -0.2) is 0 Å². The average Bonchev–Trinajstić information content (AvgIpc) is 2.74. The van der Waals surface area contributed by atoms with E-state index < -0.39 is 34.4 Å². The van der Waals surface area contributed by atoms with E-state index >= 15 is 0 Å². The third-order valence-electron chi connectivity index (χ3n) is 3.14. The zero-order chi connectivity index (χ0) is 13.1. The fourth-order valence-electron chi connectivity index (χ4n) is 2.60. The van der Waals surface area contributed by atoms with Crippen LogP contribution in [0.25, 0.3) is 0 Å². The molecule has 18 heavy (non-hydrogen) atoms. The van der Waals surface area contributed by atoms with Crippen LogP contribution < -0.4 is 0 Å². The van der Waals surface area contributed by atoms with E-state index in [4.69, 9.17) is 23.1 Å². The van der Waals surface area contributed by atoms with E-state index in [9.17, 15) is 8.42 Å². The monoisotopic (exact) mass is 280 g/mol. The topological polar surface area (TPSA) is 80.3 Å². The Morgan fingerprint density at radius 2 is 1.89 bits per heavy atom. The molecule has 3 fully saturated rings. The second-order valence-corrected chi connectivity index (χ2v) is 6.81. The van der Waals surface area contributed by atoms with Gasteiger partial charge in [0.25, 0.3) is 10.1 Å². The van der Waals surface area contributed by atoms with Gasteiger partial charge in [-0.05, 0) is 13.8 Å². The molecule has 0 unspecified atom stereocenters. The maximum Gasteiger partial charge on any atom is 0.264 e. The summed E-state index contributed by atoms with van der Waals surface area (Å²) in [5, 5.41) is 0. The van der Waals surface area contributed by atoms with Gasteiger partial charge in [-0.2, -0.15) is 8.42 Å². The summed E-state index contributed by atoms with van der Waals surface area (Å²) >= 11 is 0. The number of hydrogen-bond acceptors (Lipinski definition) is 7. The zero-order valence-electron chi connectivity index (χ0n) is 10.4. The highest BCUT2D eigenvalue weighted by Gasteiger charge is 2.60. The van der Waals surface area contributed by atoms with Gasteiger partial charge in [0.15, 0.2) is 12.1 Å². The van der Waals surface area contributed by atoms with Gasteiger partial charge in [-0.3, -0.25) is 4.18 Å². The Balaban J connectivity index is 1.72. The molecule has 8 heteroatoms. The van der Waals surface area contributed by atoms with Gasteiger partial charge in [-0.15, -0.1) is 0 Å². The first-order valence-electron chi connectivity index (χ1n) is 5.76. The first kappa shape index (κ1) is 12.8. The normalized spacial score (nSPS) is 46.1. The zero-order valence-corrected chi connectivity index (χ0v) is 11.2. The lowest BCUT2D eigenvalue weighted by Gasteiger charge is -2.22. The summed E-state index contributed by atoms with van der Waals surface area (Å²) in [5.41, 5.74) is 0. The lowest BCUT2D eigenvalue weighted by molar-refractivity contribution is -0.213. The predicted octanol–water partition coefficient (Wildman–Crippen LogP) is -0.394. The third kappa shape index (κ3) is 2.17. The smallest absolute Gasteiger partial charge is 0.264 e. The Morgan fingerprint density at radius 3 is 2.56 bits per heavy atom. The molecule has 5 atom stereocenters. The molecule has 0 aromatic heterocycles. The van der Waals surface area contributed by atoms with Gasteiger partial charge in [0.05, 0.1) is 12.9 Å².